The molecule has 1 amide bonds. The molecule has 1 aromatic carbocycles. The van der Waals surface area contributed by atoms with Gasteiger partial charge in [0.25, 0.3) is 0 Å². The molecular formula is C21H32BNO4. The van der Waals surface area contributed by atoms with E-state index < -0.39 is 5.60 Å². The Balaban J connectivity index is 1.79. The molecule has 5 nitrogen and oxygen atoms in total. The van der Waals surface area contributed by atoms with Gasteiger partial charge in [-0.05, 0) is 71.8 Å². The fourth-order valence-corrected chi connectivity index (χ4v) is 4.03. The van der Waals surface area contributed by atoms with Gasteiger partial charge < -0.3 is 18.9 Å². The third-order valence-electron chi connectivity index (χ3n) is 5.01. The Morgan fingerprint density at radius 1 is 1.33 bits per heavy atom. The highest BCUT2D eigenvalue weighted by molar-refractivity contribution is 6.61. The van der Waals surface area contributed by atoms with Crippen LogP contribution in [0.5, 0.6) is 0 Å². The van der Waals surface area contributed by atoms with Gasteiger partial charge in [-0.25, -0.2) is 4.79 Å². The van der Waals surface area contributed by atoms with E-state index in [-0.39, 0.29) is 31.0 Å². The van der Waals surface area contributed by atoms with Crippen LogP contribution in [0.25, 0.3) is 0 Å². The highest BCUT2D eigenvalue weighted by atomic mass is 16.6. The molecule has 0 N–H and O–H groups in total. The first-order valence-corrected chi connectivity index (χ1v) is 9.97. The summed E-state index contributed by atoms with van der Waals surface area (Å²) in [6.45, 7) is 12.7. The molecule has 2 aliphatic rings. The number of carbonyl (C=O) groups excluding carboxylic acids is 1. The van der Waals surface area contributed by atoms with Gasteiger partial charge in [0.05, 0.1) is 11.6 Å². The number of nitrogens with zero attached hydrogens (tertiary/aromatic N) is 1. The Kier molecular flexibility index (Phi) is 5.60. The van der Waals surface area contributed by atoms with Crippen LogP contribution in [0.2, 0.25) is 0 Å². The van der Waals surface area contributed by atoms with E-state index in [0.29, 0.717) is 0 Å². The van der Waals surface area contributed by atoms with Crippen molar-refractivity contribution in [2.75, 3.05) is 6.54 Å². The average Bonchev–Trinajstić information content (AvgIpc) is 3.01. The third kappa shape index (κ3) is 5.05. The zero-order chi connectivity index (χ0) is 19.8. The van der Waals surface area contributed by atoms with Crippen molar-refractivity contribution < 1.29 is 18.8 Å². The van der Waals surface area contributed by atoms with Crippen molar-refractivity contribution in [2.45, 2.75) is 84.2 Å². The summed E-state index contributed by atoms with van der Waals surface area (Å²) in [5.74, 6) is 0. The van der Waals surface area contributed by atoms with Gasteiger partial charge in [0.1, 0.15) is 5.60 Å². The van der Waals surface area contributed by atoms with Gasteiger partial charge in [0, 0.05) is 12.6 Å². The molecule has 148 valence electrons. The quantitative estimate of drug-likeness (QED) is 0.734. The van der Waals surface area contributed by atoms with Gasteiger partial charge >= 0.3 is 13.2 Å². The minimum absolute atomic E-state index is 0.0359. The van der Waals surface area contributed by atoms with Crippen molar-refractivity contribution in [3.8, 4) is 0 Å². The van der Waals surface area contributed by atoms with E-state index in [0.717, 1.165) is 36.8 Å². The molecule has 2 aliphatic heterocycles. The predicted octanol–water partition coefficient (Wildman–Crippen LogP) is 4.06. The van der Waals surface area contributed by atoms with E-state index in [4.69, 9.17) is 14.0 Å². The van der Waals surface area contributed by atoms with Crippen LogP contribution in [0.1, 0.15) is 72.4 Å². The zero-order valence-corrected chi connectivity index (χ0v) is 17.5. The topological polar surface area (TPSA) is 48.0 Å². The van der Waals surface area contributed by atoms with Crippen molar-refractivity contribution in [3.63, 3.8) is 0 Å². The first-order chi connectivity index (χ1) is 12.5. The molecule has 2 fully saturated rings. The highest BCUT2D eigenvalue weighted by Gasteiger charge is 2.39. The summed E-state index contributed by atoms with van der Waals surface area (Å²) in [5.41, 5.74) is 1.41. The number of ether oxygens (including phenoxy) is 1. The Bertz CT molecular complexity index is 685. The van der Waals surface area contributed by atoms with Gasteiger partial charge in [0.2, 0.25) is 0 Å². The normalized spacial score (nSPS) is 25.6. The zero-order valence-electron chi connectivity index (χ0n) is 17.5. The van der Waals surface area contributed by atoms with Crippen LogP contribution in [0, 0.1) is 0 Å². The van der Waals surface area contributed by atoms with Gasteiger partial charge in [-0.3, -0.25) is 0 Å². The molecule has 0 bridgehead atoms. The Labute approximate surface area is 163 Å². The second-order valence-electron chi connectivity index (χ2n) is 9.36. The molecule has 3 rings (SSSR count). The molecule has 0 aromatic heterocycles. The highest BCUT2D eigenvalue weighted by Crippen LogP contribution is 2.33. The number of benzene rings is 1. The summed E-state index contributed by atoms with van der Waals surface area (Å²) < 4.78 is 17.8. The molecule has 0 saturated carbocycles. The first-order valence-electron chi connectivity index (χ1n) is 9.97. The molecule has 27 heavy (non-hydrogen) atoms. The summed E-state index contributed by atoms with van der Waals surface area (Å²) in [4.78, 5) is 14.5. The fourth-order valence-electron chi connectivity index (χ4n) is 4.03. The van der Waals surface area contributed by atoms with Crippen molar-refractivity contribution in [1.29, 1.82) is 0 Å². The van der Waals surface area contributed by atoms with Crippen LogP contribution < -0.4 is 5.46 Å². The Morgan fingerprint density at radius 3 is 2.74 bits per heavy atom. The predicted molar refractivity (Wildman–Crippen MR) is 107 cm³/mol. The number of rotatable bonds is 2. The monoisotopic (exact) mass is 373 g/mol. The summed E-state index contributed by atoms with van der Waals surface area (Å²) in [5, 5.41) is 0. The van der Waals surface area contributed by atoms with E-state index >= 15 is 0 Å². The lowest BCUT2D eigenvalue weighted by Gasteiger charge is -2.38. The second-order valence-corrected chi connectivity index (χ2v) is 9.36. The number of hydrogen-bond acceptors (Lipinski definition) is 4. The number of hydrogen-bond donors (Lipinski definition) is 0. The third-order valence-corrected chi connectivity index (χ3v) is 5.01. The van der Waals surface area contributed by atoms with Crippen LogP contribution in [0.4, 0.5) is 4.79 Å². The Morgan fingerprint density at radius 2 is 2.07 bits per heavy atom. The maximum absolute atomic E-state index is 12.6. The van der Waals surface area contributed by atoms with Crippen LogP contribution >= 0.6 is 0 Å². The summed E-state index contributed by atoms with van der Waals surface area (Å²) >= 11 is 0. The molecule has 0 spiro atoms. The van der Waals surface area contributed by atoms with Crippen LogP contribution in [0.3, 0.4) is 0 Å². The molecule has 1 aromatic rings. The van der Waals surface area contributed by atoms with Gasteiger partial charge in [0.15, 0.2) is 0 Å². The summed E-state index contributed by atoms with van der Waals surface area (Å²) in [7, 11) is -0.375. The molecule has 6 heteroatoms. The minimum Gasteiger partial charge on any atom is -0.444 e. The maximum Gasteiger partial charge on any atom is 0.494 e. The largest absolute Gasteiger partial charge is 0.494 e. The van der Waals surface area contributed by atoms with Crippen LogP contribution in [-0.2, 0) is 14.0 Å². The Hall–Kier alpha value is -1.53. The van der Waals surface area contributed by atoms with Crippen molar-refractivity contribution in [2.24, 2.45) is 0 Å². The van der Waals surface area contributed by atoms with Crippen LogP contribution in [0.15, 0.2) is 24.3 Å². The van der Waals surface area contributed by atoms with Gasteiger partial charge in [-0.2, -0.15) is 0 Å². The summed E-state index contributed by atoms with van der Waals surface area (Å²) in [6.07, 6.45) is 2.70. The molecule has 0 unspecified atom stereocenters. The average molecular weight is 373 g/mol. The smallest absolute Gasteiger partial charge is 0.444 e. The maximum atomic E-state index is 12.6. The van der Waals surface area contributed by atoms with Crippen molar-refractivity contribution in [3.05, 3.63) is 29.8 Å². The molecule has 0 radical (unpaired) electrons. The molecular weight excluding hydrogens is 341 g/mol. The lowest BCUT2D eigenvalue weighted by Crippen LogP contribution is -2.51. The molecule has 2 atom stereocenters. The summed E-state index contributed by atoms with van der Waals surface area (Å²) in [6, 6.07) is 8.29. The lowest BCUT2D eigenvalue weighted by atomic mass is 9.74. The first kappa shape index (κ1) is 20.2. The molecule has 0 aliphatic carbocycles. The van der Waals surface area contributed by atoms with Gasteiger partial charge in [-0.1, -0.05) is 24.3 Å². The molecule has 2 saturated heterocycles. The number of likely N-dealkylation sites (tertiary alicyclic amines) is 1. The van der Waals surface area contributed by atoms with Crippen molar-refractivity contribution >= 4 is 18.7 Å². The minimum atomic E-state index is -0.489. The SMILES string of the molecule is C[C@@H]1CC(C)(C)OB(c2cccc([C@@H]3CCCN3C(=O)OC(C)(C)C)c2)O1. The van der Waals surface area contributed by atoms with Gasteiger partial charge in [-0.15, -0.1) is 0 Å². The number of amides is 1. The van der Waals surface area contributed by atoms with Crippen molar-refractivity contribution in [1.82, 2.24) is 4.90 Å². The van der Waals surface area contributed by atoms with E-state index in [2.05, 4.69) is 32.9 Å². The van der Waals surface area contributed by atoms with E-state index in [1.165, 1.54) is 0 Å². The van der Waals surface area contributed by atoms with Crippen LogP contribution in [-0.4, -0.2) is 42.0 Å². The fraction of sp³-hybridized carbons (Fsp3) is 0.667. The number of carbonyl (C=O) groups is 1. The molecule has 2 heterocycles. The van der Waals surface area contributed by atoms with E-state index in [1.54, 1.807) is 0 Å². The second kappa shape index (κ2) is 7.48. The van der Waals surface area contributed by atoms with E-state index in [9.17, 15) is 4.79 Å². The standard InChI is InChI=1S/C21H32BNO4/c1-15-14-21(5,6)27-22(26-15)17-10-7-9-16(13-17)18-11-8-12-23(18)19(24)25-20(2,3)4/h7,9-10,13,15,18H,8,11-12,14H2,1-6H3/t15-,18+/m1/s1. The lowest BCUT2D eigenvalue weighted by molar-refractivity contribution is -0.0229. The van der Waals surface area contributed by atoms with E-state index in [1.807, 2.05) is 37.8 Å².